The summed E-state index contributed by atoms with van der Waals surface area (Å²) in [6.07, 6.45) is 2.71. The quantitative estimate of drug-likeness (QED) is 0.654. The van der Waals surface area contributed by atoms with Crippen LogP contribution in [0.4, 0.5) is 0 Å². The number of aromatic amines is 1. The number of rotatable bonds is 5. The fourth-order valence-corrected chi connectivity index (χ4v) is 2.07. The Morgan fingerprint density at radius 3 is 2.62 bits per heavy atom. The summed E-state index contributed by atoms with van der Waals surface area (Å²) in [5, 5.41) is 11.0. The summed E-state index contributed by atoms with van der Waals surface area (Å²) in [5.74, 6) is -0.0987. The Morgan fingerprint density at radius 1 is 1.29 bits per heavy atom. The van der Waals surface area contributed by atoms with Gasteiger partial charge in [0.15, 0.2) is 0 Å². The molecular formula is C16H20N4O. The van der Waals surface area contributed by atoms with Gasteiger partial charge < -0.3 is 0 Å². The zero-order valence-electron chi connectivity index (χ0n) is 12.6. The minimum absolute atomic E-state index is 0.0987. The van der Waals surface area contributed by atoms with Gasteiger partial charge in [-0.3, -0.25) is 9.89 Å². The van der Waals surface area contributed by atoms with Gasteiger partial charge in [0.05, 0.1) is 11.9 Å². The predicted molar refractivity (Wildman–Crippen MR) is 83.3 cm³/mol. The van der Waals surface area contributed by atoms with Crippen molar-refractivity contribution in [2.45, 2.75) is 33.6 Å². The molecular weight excluding hydrogens is 264 g/mol. The number of aryl methyl sites for hydroxylation is 3. The van der Waals surface area contributed by atoms with Crippen molar-refractivity contribution in [1.29, 1.82) is 0 Å². The fraction of sp³-hybridized carbons (Fsp3) is 0.312. The maximum absolute atomic E-state index is 11.7. The van der Waals surface area contributed by atoms with E-state index in [4.69, 9.17) is 0 Å². The number of H-pyrrole nitrogens is 1. The molecule has 110 valence electrons. The number of hydrazone groups is 1. The Bertz CT molecular complexity index is 621. The molecule has 0 saturated carbocycles. The first-order valence-corrected chi connectivity index (χ1v) is 6.95. The number of nitrogens with zero attached hydrogens (tertiary/aromatic N) is 2. The van der Waals surface area contributed by atoms with Crippen molar-refractivity contribution >= 4 is 12.1 Å². The molecule has 0 aliphatic heterocycles. The van der Waals surface area contributed by atoms with Gasteiger partial charge in [0.25, 0.3) is 0 Å². The Morgan fingerprint density at radius 2 is 2.00 bits per heavy atom. The monoisotopic (exact) mass is 284 g/mol. The average molecular weight is 284 g/mol. The van der Waals surface area contributed by atoms with E-state index < -0.39 is 0 Å². The summed E-state index contributed by atoms with van der Waals surface area (Å²) >= 11 is 0. The molecule has 2 aromatic rings. The van der Waals surface area contributed by atoms with Crippen molar-refractivity contribution in [3.8, 4) is 0 Å². The van der Waals surface area contributed by atoms with Crippen LogP contribution in [-0.4, -0.2) is 22.3 Å². The van der Waals surface area contributed by atoms with Crippen LogP contribution < -0.4 is 5.43 Å². The van der Waals surface area contributed by atoms with Crippen LogP contribution in [0.25, 0.3) is 0 Å². The van der Waals surface area contributed by atoms with Crippen LogP contribution in [-0.2, 0) is 11.2 Å². The molecule has 2 N–H and O–H groups in total. The predicted octanol–water partition coefficient (Wildman–Crippen LogP) is 2.42. The number of amides is 1. The molecule has 0 unspecified atom stereocenters. The minimum Gasteiger partial charge on any atom is -0.282 e. The summed E-state index contributed by atoms with van der Waals surface area (Å²) in [7, 11) is 0. The molecule has 1 aromatic carbocycles. The van der Waals surface area contributed by atoms with E-state index in [1.807, 2.05) is 45.0 Å². The molecule has 0 fully saturated rings. The van der Waals surface area contributed by atoms with Gasteiger partial charge in [-0.25, -0.2) is 5.43 Å². The van der Waals surface area contributed by atoms with E-state index in [9.17, 15) is 4.79 Å². The highest BCUT2D eigenvalue weighted by atomic mass is 16.2. The second kappa shape index (κ2) is 6.83. The largest absolute Gasteiger partial charge is 0.282 e. The van der Waals surface area contributed by atoms with E-state index >= 15 is 0 Å². The molecule has 2 rings (SSSR count). The van der Waals surface area contributed by atoms with E-state index in [0.717, 1.165) is 22.5 Å². The van der Waals surface area contributed by atoms with Gasteiger partial charge in [-0.2, -0.15) is 10.2 Å². The van der Waals surface area contributed by atoms with E-state index in [1.54, 1.807) is 6.21 Å². The van der Waals surface area contributed by atoms with E-state index in [2.05, 4.69) is 20.7 Å². The molecule has 21 heavy (non-hydrogen) atoms. The number of hydrogen-bond donors (Lipinski definition) is 2. The molecule has 0 saturated heterocycles. The molecule has 5 heteroatoms. The van der Waals surface area contributed by atoms with E-state index in [-0.39, 0.29) is 5.91 Å². The maximum atomic E-state index is 11.7. The standard InChI is InChI=1S/C16H20N4O/c1-11-4-6-14(7-5-11)10-17-20-16(21)9-8-15-12(2)18-19-13(15)3/h4-7,10H,8-9H2,1-3H3,(H,18,19)(H,20,21)/b17-10-. The van der Waals surface area contributed by atoms with Crippen LogP contribution >= 0.6 is 0 Å². The number of aromatic nitrogens is 2. The zero-order valence-corrected chi connectivity index (χ0v) is 12.6. The topological polar surface area (TPSA) is 70.1 Å². The highest BCUT2D eigenvalue weighted by Gasteiger charge is 2.08. The van der Waals surface area contributed by atoms with Crippen LogP contribution in [0.2, 0.25) is 0 Å². The SMILES string of the molecule is Cc1ccc(/C=N\NC(=O)CCc2c(C)n[nH]c2C)cc1. The molecule has 1 heterocycles. The average Bonchev–Trinajstić information content (AvgIpc) is 2.78. The van der Waals surface area contributed by atoms with Gasteiger partial charge in [0, 0.05) is 12.1 Å². The summed E-state index contributed by atoms with van der Waals surface area (Å²) in [4.78, 5) is 11.7. The van der Waals surface area contributed by atoms with Gasteiger partial charge in [-0.15, -0.1) is 0 Å². The molecule has 0 aliphatic rings. The summed E-state index contributed by atoms with van der Waals surface area (Å²) < 4.78 is 0. The molecule has 5 nitrogen and oxygen atoms in total. The van der Waals surface area contributed by atoms with Crippen LogP contribution in [0.3, 0.4) is 0 Å². The Hall–Kier alpha value is -2.43. The lowest BCUT2D eigenvalue weighted by Gasteiger charge is -2.01. The van der Waals surface area contributed by atoms with E-state index in [0.29, 0.717) is 12.8 Å². The Labute approximate surface area is 124 Å². The van der Waals surface area contributed by atoms with Crippen molar-refractivity contribution in [2.24, 2.45) is 5.10 Å². The lowest BCUT2D eigenvalue weighted by atomic mass is 10.1. The number of hydrogen-bond acceptors (Lipinski definition) is 3. The Kier molecular flexibility index (Phi) is 4.87. The Balaban J connectivity index is 1.81. The van der Waals surface area contributed by atoms with Crippen molar-refractivity contribution in [3.63, 3.8) is 0 Å². The van der Waals surface area contributed by atoms with Gasteiger partial charge in [-0.1, -0.05) is 29.8 Å². The first-order chi connectivity index (χ1) is 10.1. The lowest BCUT2D eigenvalue weighted by Crippen LogP contribution is -2.18. The fourth-order valence-electron chi connectivity index (χ4n) is 2.07. The van der Waals surface area contributed by atoms with Crippen LogP contribution in [0.15, 0.2) is 29.4 Å². The van der Waals surface area contributed by atoms with Crippen molar-refractivity contribution in [2.75, 3.05) is 0 Å². The first kappa shape index (κ1) is 15.0. The molecule has 1 amide bonds. The number of nitrogens with one attached hydrogen (secondary N) is 2. The van der Waals surface area contributed by atoms with Gasteiger partial charge in [0.2, 0.25) is 5.91 Å². The number of benzene rings is 1. The molecule has 0 atom stereocenters. The number of carbonyl (C=O) groups excluding carboxylic acids is 1. The third-order valence-electron chi connectivity index (χ3n) is 3.36. The van der Waals surface area contributed by atoms with Crippen LogP contribution in [0.1, 0.15) is 34.5 Å². The van der Waals surface area contributed by atoms with E-state index in [1.165, 1.54) is 5.56 Å². The second-order valence-corrected chi connectivity index (χ2v) is 5.12. The van der Waals surface area contributed by atoms with Gasteiger partial charge >= 0.3 is 0 Å². The van der Waals surface area contributed by atoms with Crippen molar-refractivity contribution in [3.05, 3.63) is 52.3 Å². The highest BCUT2D eigenvalue weighted by Crippen LogP contribution is 2.11. The van der Waals surface area contributed by atoms with Gasteiger partial charge in [0.1, 0.15) is 0 Å². The van der Waals surface area contributed by atoms with Crippen LogP contribution in [0, 0.1) is 20.8 Å². The third kappa shape index (κ3) is 4.27. The summed E-state index contributed by atoms with van der Waals surface area (Å²) in [5.41, 5.74) is 7.77. The molecule has 0 spiro atoms. The molecule has 0 bridgehead atoms. The molecule has 1 aromatic heterocycles. The highest BCUT2D eigenvalue weighted by molar-refractivity contribution is 5.82. The van der Waals surface area contributed by atoms with Crippen LogP contribution in [0.5, 0.6) is 0 Å². The summed E-state index contributed by atoms with van der Waals surface area (Å²) in [6.45, 7) is 5.93. The smallest absolute Gasteiger partial charge is 0.240 e. The maximum Gasteiger partial charge on any atom is 0.240 e. The molecule has 0 radical (unpaired) electrons. The third-order valence-corrected chi connectivity index (χ3v) is 3.36. The first-order valence-electron chi connectivity index (χ1n) is 6.95. The lowest BCUT2D eigenvalue weighted by molar-refractivity contribution is -0.121. The van der Waals surface area contributed by atoms with Crippen molar-refractivity contribution < 1.29 is 4.79 Å². The molecule has 0 aliphatic carbocycles. The number of carbonyl (C=O) groups is 1. The van der Waals surface area contributed by atoms with Gasteiger partial charge in [-0.05, 0) is 38.3 Å². The second-order valence-electron chi connectivity index (χ2n) is 5.12. The normalized spacial score (nSPS) is 11.0. The minimum atomic E-state index is -0.0987. The zero-order chi connectivity index (χ0) is 15.2. The van der Waals surface area contributed by atoms with Crippen molar-refractivity contribution in [1.82, 2.24) is 15.6 Å². The summed E-state index contributed by atoms with van der Waals surface area (Å²) in [6, 6.07) is 7.94.